The third-order valence-electron chi connectivity index (χ3n) is 5.33. The zero-order valence-corrected chi connectivity index (χ0v) is 16.7. The van der Waals surface area contributed by atoms with Gasteiger partial charge in [0, 0.05) is 44.0 Å². The van der Waals surface area contributed by atoms with E-state index in [1.807, 2.05) is 20.3 Å². The number of hydrogen-bond donors (Lipinski definition) is 2. The van der Waals surface area contributed by atoms with E-state index in [-0.39, 0.29) is 36.8 Å². The molecule has 2 N–H and O–H groups in total. The monoisotopic (exact) mass is 391 g/mol. The highest BCUT2D eigenvalue weighted by atomic mass is 35.5. The van der Waals surface area contributed by atoms with Crippen LogP contribution in [0.2, 0.25) is 0 Å². The molecule has 2 fully saturated rings. The second-order valence-corrected chi connectivity index (χ2v) is 6.93. The van der Waals surface area contributed by atoms with E-state index in [1.165, 1.54) is 25.7 Å². The lowest BCUT2D eigenvalue weighted by Crippen LogP contribution is -2.49. The minimum atomic E-state index is -0.323. The van der Waals surface area contributed by atoms with Gasteiger partial charge in [-0.1, -0.05) is 12.8 Å². The summed E-state index contributed by atoms with van der Waals surface area (Å²) in [4.78, 5) is 15.2. The van der Waals surface area contributed by atoms with Crippen LogP contribution in [0.3, 0.4) is 0 Å². The van der Waals surface area contributed by atoms with Gasteiger partial charge < -0.3 is 15.5 Å². The lowest BCUT2D eigenvalue weighted by Gasteiger charge is -2.36. The van der Waals surface area contributed by atoms with Crippen LogP contribution >= 0.6 is 24.8 Å². The average molecular weight is 392 g/mol. The van der Waals surface area contributed by atoms with Crippen LogP contribution in [0.1, 0.15) is 50.1 Å². The summed E-state index contributed by atoms with van der Waals surface area (Å²) in [5.41, 5.74) is 0.913. The Morgan fingerprint density at radius 3 is 2.36 bits per heavy atom. The van der Waals surface area contributed by atoms with Gasteiger partial charge in [0.15, 0.2) is 0 Å². The Morgan fingerprint density at radius 1 is 1.20 bits per heavy atom. The summed E-state index contributed by atoms with van der Waals surface area (Å²) in [5, 5.41) is 10.5. The van der Waals surface area contributed by atoms with Gasteiger partial charge in [-0.15, -0.1) is 24.8 Å². The number of carbonyl (C=O) groups is 1. The molecule has 1 unspecified atom stereocenters. The molecule has 0 radical (unpaired) electrons. The van der Waals surface area contributed by atoms with Crippen molar-refractivity contribution in [2.75, 3.05) is 20.1 Å². The Hall–Kier alpha value is -0.820. The molecular weight excluding hydrogens is 361 g/mol. The lowest BCUT2D eigenvalue weighted by molar-refractivity contribution is -0.124. The summed E-state index contributed by atoms with van der Waals surface area (Å²) < 4.78 is 1.73. The third-order valence-corrected chi connectivity index (χ3v) is 5.33. The van der Waals surface area contributed by atoms with E-state index >= 15 is 0 Å². The molecule has 1 aliphatic carbocycles. The Balaban J connectivity index is 0.00000156. The standard InChI is InChI=1S/C17H29N5O.2ClH/c1-18-16(13-11-19-21(2)12-13)17(23)20-14-7-9-22(10-8-14)15-5-3-4-6-15;;/h11-12,14-16,18H,3-10H2,1-2H3,(H,20,23);2*1H. The second-order valence-electron chi connectivity index (χ2n) is 6.93. The predicted molar refractivity (Wildman–Crippen MR) is 104 cm³/mol. The smallest absolute Gasteiger partial charge is 0.242 e. The number of piperidine rings is 1. The van der Waals surface area contributed by atoms with Crippen molar-refractivity contribution < 1.29 is 4.79 Å². The normalized spacial score (nSPS) is 20.6. The van der Waals surface area contributed by atoms with Gasteiger partial charge >= 0.3 is 0 Å². The van der Waals surface area contributed by atoms with Crippen molar-refractivity contribution in [1.82, 2.24) is 25.3 Å². The van der Waals surface area contributed by atoms with Crippen molar-refractivity contribution in [3.8, 4) is 0 Å². The Kier molecular flexibility index (Phi) is 9.21. The van der Waals surface area contributed by atoms with E-state index < -0.39 is 0 Å². The molecule has 0 spiro atoms. The summed E-state index contributed by atoms with van der Waals surface area (Å²) in [6.07, 6.45) is 11.3. The molecule has 8 heteroatoms. The van der Waals surface area contributed by atoms with Crippen molar-refractivity contribution in [2.45, 2.75) is 56.7 Å². The van der Waals surface area contributed by atoms with Gasteiger partial charge in [0.1, 0.15) is 6.04 Å². The number of likely N-dealkylation sites (N-methyl/N-ethyl adjacent to an activating group) is 1. The van der Waals surface area contributed by atoms with Gasteiger partial charge in [-0.25, -0.2) is 0 Å². The molecule has 144 valence electrons. The fourth-order valence-corrected chi connectivity index (χ4v) is 4.00. The molecule has 1 saturated carbocycles. The van der Waals surface area contributed by atoms with E-state index in [2.05, 4.69) is 20.6 Å². The molecule has 2 aliphatic rings. The number of nitrogens with one attached hydrogen (secondary N) is 2. The summed E-state index contributed by atoms with van der Waals surface area (Å²) in [6, 6.07) is 0.774. The van der Waals surface area contributed by atoms with Crippen LogP contribution in [-0.4, -0.2) is 52.8 Å². The molecule has 1 aromatic heterocycles. The summed E-state index contributed by atoms with van der Waals surface area (Å²) in [5.74, 6) is 0.0554. The molecule has 1 aromatic rings. The first-order valence-electron chi connectivity index (χ1n) is 8.87. The van der Waals surface area contributed by atoms with Crippen LogP contribution in [0, 0.1) is 0 Å². The highest BCUT2D eigenvalue weighted by Crippen LogP contribution is 2.26. The minimum absolute atomic E-state index is 0. The molecule has 1 amide bonds. The average Bonchev–Trinajstić information content (AvgIpc) is 3.21. The van der Waals surface area contributed by atoms with Gasteiger partial charge in [-0.05, 0) is 32.7 Å². The summed E-state index contributed by atoms with van der Waals surface area (Å²) in [6.45, 7) is 2.24. The first-order chi connectivity index (χ1) is 11.2. The number of rotatable bonds is 5. The molecule has 0 bridgehead atoms. The molecule has 6 nitrogen and oxygen atoms in total. The molecule has 1 atom stereocenters. The lowest BCUT2D eigenvalue weighted by atomic mass is 10.0. The Bertz CT molecular complexity index is 525. The first-order valence-corrected chi connectivity index (χ1v) is 8.87. The fraction of sp³-hybridized carbons (Fsp3) is 0.765. The molecule has 25 heavy (non-hydrogen) atoms. The van der Waals surface area contributed by atoms with Crippen LogP contribution in [0.25, 0.3) is 0 Å². The number of hydrogen-bond acceptors (Lipinski definition) is 4. The van der Waals surface area contributed by atoms with Gasteiger partial charge in [0.25, 0.3) is 0 Å². The van der Waals surface area contributed by atoms with Gasteiger partial charge in [-0.2, -0.15) is 5.10 Å². The molecule has 1 aliphatic heterocycles. The topological polar surface area (TPSA) is 62.2 Å². The largest absolute Gasteiger partial charge is 0.352 e. The highest BCUT2D eigenvalue weighted by Gasteiger charge is 2.29. The summed E-state index contributed by atoms with van der Waals surface area (Å²) in [7, 11) is 3.69. The zero-order chi connectivity index (χ0) is 16.2. The maximum atomic E-state index is 12.6. The quantitative estimate of drug-likeness (QED) is 0.805. The molecule has 0 aromatic carbocycles. The number of aryl methyl sites for hydroxylation is 1. The maximum Gasteiger partial charge on any atom is 0.242 e. The zero-order valence-electron chi connectivity index (χ0n) is 15.1. The van der Waals surface area contributed by atoms with Crippen molar-refractivity contribution in [2.24, 2.45) is 7.05 Å². The SMILES string of the molecule is CNC(C(=O)NC1CCN(C2CCCC2)CC1)c1cnn(C)c1.Cl.Cl. The van der Waals surface area contributed by atoms with E-state index in [4.69, 9.17) is 0 Å². The van der Waals surface area contributed by atoms with Crippen molar-refractivity contribution in [1.29, 1.82) is 0 Å². The van der Waals surface area contributed by atoms with Crippen LogP contribution in [0.5, 0.6) is 0 Å². The van der Waals surface area contributed by atoms with Crippen LogP contribution in [-0.2, 0) is 11.8 Å². The van der Waals surface area contributed by atoms with Gasteiger partial charge in [-0.3, -0.25) is 9.48 Å². The predicted octanol–water partition coefficient (Wildman–Crippen LogP) is 2.05. The van der Waals surface area contributed by atoms with Gasteiger partial charge in [0.2, 0.25) is 5.91 Å². The van der Waals surface area contributed by atoms with Crippen LogP contribution in [0.4, 0.5) is 0 Å². The van der Waals surface area contributed by atoms with Gasteiger partial charge in [0.05, 0.1) is 6.20 Å². The van der Waals surface area contributed by atoms with Crippen molar-refractivity contribution in [3.05, 3.63) is 18.0 Å². The number of aromatic nitrogens is 2. The first kappa shape index (κ1) is 22.2. The number of carbonyl (C=O) groups excluding carboxylic acids is 1. The second kappa shape index (κ2) is 10.4. The van der Waals surface area contributed by atoms with Crippen molar-refractivity contribution >= 4 is 30.7 Å². The third kappa shape index (κ3) is 5.58. The van der Waals surface area contributed by atoms with E-state index in [1.54, 1.807) is 10.9 Å². The highest BCUT2D eigenvalue weighted by molar-refractivity contribution is 5.85. The molecule has 1 saturated heterocycles. The fourth-order valence-electron chi connectivity index (χ4n) is 4.00. The number of halogens is 2. The maximum absolute atomic E-state index is 12.6. The number of nitrogens with zero attached hydrogens (tertiary/aromatic N) is 3. The van der Waals surface area contributed by atoms with E-state index in [0.717, 1.165) is 37.5 Å². The Morgan fingerprint density at radius 2 is 1.84 bits per heavy atom. The Labute approximate surface area is 162 Å². The van der Waals surface area contributed by atoms with E-state index in [9.17, 15) is 4.79 Å². The molecular formula is C17H31Cl2N5O. The van der Waals surface area contributed by atoms with Crippen molar-refractivity contribution in [3.63, 3.8) is 0 Å². The minimum Gasteiger partial charge on any atom is -0.352 e. The number of likely N-dealkylation sites (tertiary alicyclic amines) is 1. The summed E-state index contributed by atoms with van der Waals surface area (Å²) >= 11 is 0. The number of amides is 1. The van der Waals surface area contributed by atoms with E-state index in [0.29, 0.717) is 6.04 Å². The molecule has 3 rings (SSSR count). The van der Waals surface area contributed by atoms with Crippen LogP contribution in [0.15, 0.2) is 12.4 Å². The van der Waals surface area contributed by atoms with Crippen LogP contribution < -0.4 is 10.6 Å². The molecule has 2 heterocycles.